The summed E-state index contributed by atoms with van der Waals surface area (Å²) in [5, 5.41) is 2.71. The Kier molecular flexibility index (Phi) is 5.09. The largest absolute Gasteiger partial charge is 0.492 e. The van der Waals surface area contributed by atoms with Gasteiger partial charge in [-0.3, -0.25) is 4.79 Å². The van der Waals surface area contributed by atoms with E-state index in [4.69, 9.17) is 4.74 Å². The molecule has 0 spiro atoms. The van der Waals surface area contributed by atoms with Crippen LogP contribution in [0.3, 0.4) is 0 Å². The van der Waals surface area contributed by atoms with Gasteiger partial charge >= 0.3 is 0 Å². The van der Waals surface area contributed by atoms with Crippen LogP contribution in [0, 0.1) is 25.5 Å². The first-order valence-electron chi connectivity index (χ1n) is 6.90. The summed E-state index contributed by atoms with van der Waals surface area (Å²) in [4.78, 5) is 11.9. The minimum Gasteiger partial charge on any atom is -0.492 e. The summed E-state index contributed by atoms with van der Waals surface area (Å²) >= 11 is 0. The Hall–Kier alpha value is -2.43. The number of carbonyl (C=O) groups is 1. The van der Waals surface area contributed by atoms with Crippen molar-refractivity contribution in [2.45, 2.75) is 13.8 Å². The predicted molar refractivity (Wildman–Crippen MR) is 80.1 cm³/mol. The number of amides is 1. The molecule has 0 aliphatic carbocycles. The molecule has 116 valence electrons. The molecule has 0 unspecified atom stereocenters. The van der Waals surface area contributed by atoms with Crippen molar-refractivity contribution in [2.24, 2.45) is 0 Å². The predicted octanol–water partition coefficient (Wildman–Crippen LogP) is 3.39. The molecule has 0 saturated carbocycles. The first kappa shape index (κ1) is 15.9. The molecule has 2 rings (SSSR count). The SMILES string of the molecule is Cc1ccc(C(=O)NCCOc2ccc(F)c(F)c2)cc1C. The molecular weight excluding hydrogens is 288 g/mol. The number of rotatable bonds is 5. The number of hydrogen-bond acceptors (Lipinski definition) is 2. The zero-order valence-electron chi connectivity index (χ0n) is 12.5. The van der Waals surface area contributed by atoms with Crippen molar-refractivity contribution in [3.05, 3.63) is 64.7 Å². The molecule has 22 heavy (non-hydrogen) atoms. The fourth-order valence-corrected chi connectivity index (χ4v) is 1.88. The quantitative estimate of drug-likeness (QED) is 0.860. The van der Waals surface area contributed by atoms with Gasteiger partial charge in [-0.25, -0.2) is 8.78 Å². The van der Waals surface area contributed by atoms with E-state index in [0.717, 1.165) is 23.3 Å². The molecule has 0 fully saturated rings. The highest BCUT2D eigenvalue weighted by atomic mass is 19.2. The maximum absolute atomic E-state index is 13.0. The van der Waals surface area contributed by atoms with E-state index in [2.05, 4.69) is 5.32 Å². The lowest BCUT2D eigenvalue weighted by molar-refractivity contribution is 0.0947. The summed E-state index contributed by atoms with van der Waals surface area (Å²) in [6, 6.07) is 8.78. The lowest BCUT2D eigenvalue weighted by atomic mass is 10.1. The van der Waals surface area contributed by atoms with Gasteiger partial charge in [-0.2, -0.15) is 0 Å². The summed E-state index contributed by atoms with van der Waals surface area (Å²) in [6.07, 6.45) is 0. The van der Waals surface area contributed by atoms with Gasteiger partial charge in [-0.15, -0.1) is 0 Å². The van der Waals surface area contributed by atoms with E-state index in [1.54, 1.807) is 6.07 Å². The summed E-state index contributed by atoms with van der Waals surface area (Å²) in [5.41, 5.74) is 2.75. The summed E-state index contributed by atoms with van der Waals surface area (Å²) in [5.74, 6) is -1.86. The Morgan fingerprint density at radius 2 is 1.82 bits per heavy atom. The molecule has 5 heteroatoms. The Labute approximate surface area is 127 Å². The topological polar surface area (TPSA) is 38.3 Å². The van der Waals surface area contributed by atoms with Crippen LogP contribution in [-0.2, 0) is 0 Å². The second kappa shape index (κ2) is 7.02. The Morgan fingerprint density at radius 1 is 1.05 bits per heavy atom. The van der Waals surface area contributed by atoms with E-state index >= 15 is 0 Å². The van der Waals surface area contributed by atoms with Crippen LogP contribution in [0.15, 0.2) is 36.4 Å². The number of aryl methyl sites for hydroxylation is 2. The van der Waals surface area contributed by atoms with Crippen LogP contribution in [0.2, 0.25) is 0 Å². The molecule has 2 aromatic carbocycles. The Bertz CT molecular complexity index is 686. The van der Waals surface area contributed by atoms with Crippen molar-refractivity contribution in [1.29, 1.82) is 0 Å². The molecule has 0 bridgehead atoms. The average Bonchev–Trinajstić information content (AvgIpc) is 2.49. The second-order valence-electron chi connectivity index (χ2n) is 4.98. The molecule has 0 aromatic heterocycles. The molecule has 2 aromatic rings. The fraction of sp³-hybridized carbons (Fsp3) is 0.235. The van der Waals surface area contributed by atoms with E-state index in [-0.39, 0.29) is 24.8 Å². The molecule has 1 amide bonds. The Morgan fingerprint density at radius 3 is 2.50 bits per heavy atom. The lowest BCUT2D eigenvalue weighted by Gasteiger charge is -2.09. The van der Waals surface area contributed by atoms with Crippen molar-refractivity contribution in [1.82, 2.24) is 5.32 Å². The van der Waals surface area contributed by atoms with Crippen molar-refractivity contribution in [2.75, 3.05) is 13.2 Å². The molecule has 0 radical (unpaired) electrons. The van der Waals surface area contributed by atoms with E-state index in [0.29, 0.717) is 5.56 Å². The molecule has 0 saturated heterocycles. The monoisotopic (exact) mass is 305 g/mol. The third-order valence-corrected chi connectivity index (χ3v) is 3.32. The third kappa shape index (κ3) is 4.04. The average molecular weight is 305 g/mol. The smallest absolute Gasteiger partial charge is 0.251 e. The molecular formula is C17H17F2NO2. The van der Waals surface area contributed by atoms with Crippen LogP contribution >= 0.6 is 0 Å². The van der Waals surface area contributed by atoms with Gasteiger partial charge in [0.1, 0.15) is 12.4 Å². The van der Waals surface area contributed by atoms with Gasteiger partial charge in [0.2, 0.25) is 0 Å². The van der Waals surface area contributed by atoms with Crippen LogP contribution in [0.1, 0.15) is 21.5 Å². The number of benzene rings is 2. The van der Waals surface area contributed by atoms with Crippen LogP contribution in [0.5, 0.6) is 5.75 Å². The minimum absolute atomic E-state index is 0.168. The van der Waals surface area contributed by atoms with Crippen LogP contribution in [-0.4, -0.2) is 19.1 Å². The van der Waals surface area contributed by atoms with Crippen molar-refractivity contribution < 1.29 is 18.3 Å². The highest BCUT2D eigenvalue weighted by molar-refractivity contribution is 5.94. The number of hydrogen-bond donors (Lipinski definition) is 1. The van der Waals surface area contributed by atoms with Crippen LogP contribution in [0.4, 0.5) is 8.78 Å². The fourth-order valence-electron chi connectivity index (χ4n) is 1.88. The number of halogens is 2. The zero-order chi connectivity index (χ0) is 16.1. The van der Waals surface area contributed by atoms with Crippen molar-refractivity contribution in [3.63, 3.8) is 0 Å². The standard InChI is InChI=1S/C17H17F2NO2/c1-11-3-4-13(9-12(11)2)17(21)20-7-8-22-14-5-6-15(18)16(19)10-14/h3-6,9-10H,7-8H2,1-2H3,(H,20,21). The minimum atomic E-state index is -0.961. The summed E-state index contributed by atoms with van der Waals surface area (Å²) in [6.45, 7) is 4.36. The number of ether oxygens (including phenoxy) is 1. The van der Waals surface area contributed by atoms with Gasteiger partial charge in [0.15, 0.2) is 11.6 Å². The van der Waals surface area contributed by atoms with Crippen LogP contribution in [0.25, 0.3) is 0 Å². The molecule has 0 aliphatic heterocycles. The van der Waals surface area contributed by atoms with Gasteiger partial charge in [-0.05, 0) is 49.2 Å². The first-order valence-corrected chi connectivity index (χ1v) is 6.90. The second-order valence-corrected chi connectivity index (χ2v) is 4.98. The van der Waals surface area contributed by atoms with Crippen molar-refractivity contribution in [3.8, 4) is 5.75 Å². The van der Waals surface area contributed by atoms with E-state index < -0.39 is 11.6 Å². The van der Waals surface area contributed by atoms with Crippen molar-refractivity contribution >= 4 is 5.91 Å². The number of nitrogens with one attached hydrogen (secondary N) is 1. The lowest BCUT2D eigenvalue weighted by Crippen LogP contribution is -2.28. The molecule has 1 N–H and O–H groups in total. The maximum atomic E-state index is 13.0. The molecule has 0 aliphatic rings. The van der Waals surface area contributed by atoms with Crippen LogP contribution < -0.4 is 10.1 Å². The zero-order valence-corrected chi connectivity index (χ0v) is 12.5. The van der Waals surface area contributed by atoms with Gasteiger partial charge in [-0.1, -0.05) is 6.07 Å². The highest BCUT2D eigenvalue weighted by Crippen LogP contribution is 2.15. The number of carbonyl (C=O) groups excluding carboxylic acids is 1. The van der Waals surface area contributed by atoms with E-state index in [1.165, 1.54) is 6.07 Å². The first-order chi connectivity index (χ1) is 10.5. The van der Waals surface area contributed by atoms with Gasteiger partial charge in [0.25, 0.3) is 5.91 Å². The highest BCUT2D eigenvalue weighted by Gasteiger charge is 2.07. The summed E-state index contributed by atoms with van der Waals surface area (Å²) in [7, 11) is 0. The third-order valence-electron chi connectivity index (χ3n) is 3.32. The maximum Gasteiger partial charge on any atom is 0.251 e. The normalized spacial score (nSPS) is 10.4. The van der Waals surface area contributed by atoms with E-state index in [9.17, 15) is 13.6 Å². The van der Waals surface area contributed by atoms with E-state index in [1.807, 2.05) is 26.0 Å². The molecule has 0 atom stereocenters. The van der Waals surface area contributed by atoms with Gasteiger partial charge < -0.3 is 10.1 Å². The van der Waals surface area contributed by atoms with Gasteiger partial charge in [0.05, 0.1) is 6.54 Å². The molecule has 3 nitrogen and oxygen atoms in total. The molecule has 0 heterocycles. The van der Waals surface area contributed by atoms with Gasteiger partial charge in [0, 0.05) is 11.6 Å². The summed E-state index contributed by atoms with van der Waals surface area (Å²) < 4.78 is 31.0. The Balaban J connectivity index is 1.81.